The van der Waals surface area contributed by atoms with Gasteiger partial charge in [0.15, 0.2) is 0 Å². The Labute approximate surface area is 111 Å². The number of aliphatic hydroxyl groups excluding tert-OH is 1. The number of carbonyl (C=O) groups excluding carboxylic acids is 2. The first kappa shape index (κ1) is 13.4. The van der Waals surface area contributed by atoms with E-state index in [0.717, 1.165) is 5.56 Å². The zero-order valence-electron chi connectivity index (χ0n) is 10.7. The zero-order valence-corrected chi connectivity index (χ0v) is 10.7. The average Bonchev–Trinajstić information content (AvgIpc) is 2.69. The van der Waals surface area contributed by atoms with E-state index in [1.807, 2.05) is 6.92 Å². The van der Waals surface area contributed by atoms with Gasteiger partial charge in [-0.3, -0.25) is 9.59 Å². The van der Waals surface area contributed by atoms with E-state index >= 15 is 0 Å². The summed E-state index contributed by atoms with van der Waals surface area (Å²) in [6, 6.07) is 4.24. The molecular weight excluding hydrogens is 246 g/mol. The molecule has 1 aromatic carbocycles. The molecule has 0 saturated carbocycles. The molecule has 1 saturated heterocycles. The first-order valence-electron chi connectivity index (χ1n) is 6.04. The van der Waals surface area contributed by atoms with E-state index in [-0.39, 0.29) is 18.9 Å². The summed E-state index contributed by atoms with van der Waals surface area (Å²) in [6.45, 7) is 1.94. The molecule has 102 valence electrons. The van der Waals surface area contributed by atoms with Crippen molar-refractivity contribution in [3.05, 3.63) is 29.3 Å². The Kier molecular flexibility index (Phi) is 3.44. The molecule has 1 aliphatic heterocycles. The number of aryl methyl sites for hydroxylation is 1. The number of likely N-dealkylation sites (tertiary alicyclic amines) is 1. The van der Waals surface area contributed by atoms with Gasteiger partial charge >= 0.3 is 0 Å². The smallest absolute Gasteiger partial charge is 0.254 e. The second-order valence-corrected chi connectivity index (χ2v) is 4.90. The van der Waals surface area contributed by atoms with Crippen LogP contribution < -0.4 is 11.5 Å². The monoisotopic (exact) mass is 263 g/mol. The van der Waals surface area contributed by atoms with Crippen molar-refractivity contribution in [2.45, 2.75) is 25.5 Å². The van der Waals surface area contributed by atoms with Crippen molar-refractivity contribution in [2.75, 3.05) is 12.3 Å². The lowest BCUT2D eigenvalue weighted by Gasteiger charge is -2.22. The van der Waals surface area contributed by atoms with Gasteiger partial charge in [0.05, 0.1) is 6.10 Å². The van der Waals surface area contributed by atoms with Crippen molar-refractivity contribution in [3.8, 4) is 0 Å². The minimum atomic E-state index is -0.760. The van der Waals surface area contributed by atoms with Gasteiger partial charge in [0, 0.05) is 24.2 Å². The number of benzene rings is 1. The van der Waals surface area contributed by atoms with E-state index in [2.05, 4.69) is 0 Å². The van der Waals surface area contributed by atoms with E-state index in [1.54, 1.807) is 18.2 Å². The lowest BCUT2D eigenvalue weighted by molar-refractivity contribution is -0.121. The molecule has 19 heavy (non-hydrogen) atoms. The summed E-state index contributed by atoms with van der Waals surface area (Å²) < 4.78 is 0. The summed E-state index contributed by atoms with van der Waals surface area (Å²) in [5.41, 5.74) is 12.7. The summed E-state index contributed by atoms with van der Waals surface area (Å²) in [5.74, 6) is -0.943. The van der Waals surface area contributed by atoms with Gasteiger partial charge in [0.25, 0.3) is 5.91 Å². The third kappa shape index (κ3) is 2.68. The molecule has 0 aliphatic carbocycles. The van der Waals surface area contributed by atoms with Crippen LogP contribution in [0.5, 0.6) is 0 Å². The molecule has 2 unspecified atom stereocenters. The van der Waals surface area contributed by atoms with Gasteiger partial charge < -0.3 is 21.5 Å². The SMILES string of the molecule is Cc1cc(N)cc(C(=O)N2CC(O)CC2C(N)=O)c1. The maximum atomic E-state index is 12.4. The molecule has 0 aromatic heterocycles. The van der Waals surface area contributed by atoms with Gasteiger partial charge in [-0.15, -0.1) is 0 Å². The van der Waals surface area contributed by atoms with Crippen LogP contribution in [0.4, 0.5) is 5.69 Å². The van der Waals surface area contributed by atoms with Gasteiger partial charge in [-0.1, -0.05) is 0 Å². The van der Waals surface area contributed by atoms with Crippen LogP contribution in [0, 0.1) is 6.92 Å². The Hall–Kier alpha value is -2.08. The van der Waals surface area contributed by atoms with Crippen LogP contribution in [0.3, 0.4) is 0 Å². The van der Waals surface area contributed by atoms with Crippen LogP contribution in [0.15, 0.2) is 18.2 Å². The first-order valence-corrected chi connectivity index (χ1v) is 6.04. The second kappa shape index (κ2) is 4.89. The molecule has 2 amide bonds. The average molecular weight is 263 g/mol. The van der Waals surface area contributed by atoms with Gasteiger partial charge in [-0.05, 0) is 30.7 Å². The molecule has 0 spiro atoms. The predicted octanol–water partition coefficient (Wildman–Crippen LogP) is -0.362. The molecule has 1 fully saturated rings. The highest BCUT2D eigenvalue weighted by molar-refractivity contribution is 5.98. The van der Waals surface area contributed by atoms with Gasteiger partial charge in [-0.2, -0.15) is 0 Å². The molecule has 0 bridgehead atoms. The fourth-order valence-electron chi connectivity index (χ4n) is 2.41. The number of hydrogen-bond donors (Lipinski definition) is 3. The first-order chi connectivity index (χ1) is 8.88. The third-order valence-electron chi connectivity index (χ3n) is 3.21. The van der Waals surface area contributed by atoms with Crippen molar-refractivity contribution in [3.63, 3.8) is 0 Å². The molecule has 2 atom stereocenters. The lowest BCUT2D eigenvalue weighted by atomic mass is 10.1. The minimum Gasteiger partial charge on any atom is -0.399 e. The molecule has 0 radical (unpaired) electrons. The third-order valence-corrected chi connectivity index (χ3v) is 3.21. The molecule has 6 heteroatoms. The van der Waals surface area contributed by atoms with E-state index in [9.17, 15) is 14.7 Å². The number of carbonyl (C=O) groups is 2. The standard InChI is InChI=1S/C13H17N3O3/c1-7-2-8(4-9(14)3-7)13(19)16-6-10(17)5-11(16)12(15)18/h2-4,10-11,17H,5-6,14H2,1H3,(H2,15,18). The Morgan fingerprint density at radius 2 is 2.05 bits per heavy atom. The van der Waals surface area contributed by atoms with Crippen molar-refractivity contribution < 1.29 is 14.7 Å². The van der Waals surface area contributed by atoms with Crippen LogP contribution >= 0.6 is 0 Å². The fraction of sp³-hybridized carbons (Fsp3) is 0.385. The molecule has 1 aliphatic rings. The molecule has 1 heterocycles. The van der Waals surface area contributed by atoms with Gasteiger partial charge in [-0.25, -0.2) is 0 Å². The molecule has 1 aromatic rings. The lowest BCUT2D eigenvalue weighted by Crippen LogP contribution is -2.43. The fourth-order valence-corrected chi connectivity index (χ4v) is 2.41. The number of β-amino-alcohol motifs (C(OH)–C–C–N with tert-alkyl or cyclic N) is 1. The van der Waals surface area contributed by atoms with E-state index in [1.165, 1.54) is 4.90 Å². The summed E-state index contributed by atoms with van der Waals surface area (Å²) in [5, 5.41) is 9.60. The molecule has 5 N–H and O–H groups in total. The highest BCUT2D eigenvalue weighted by atomic mass is 16.3. The number of nitrogens with two attached hydrogens (primary N) is 2. The Morgan fingerprint density at radius 3 is 2.63 bits per heavy atom. The van der Waals surface area contributed by atoms with Crippen LogP contribution in [-0.2, 0) is 4.79 Å². The quantitative estimate of drug-likeness (QED) is 0.633. The van der Waals surface area contributed by atoms with Crippen LogP contribution in [0.2, 0.25) is 0 Å². The van der Waals surface area contributed by atoms with Gasteiger partial charge in [0.1, 0.15) is 6.04 Å². The van der Waals surface area contributed by atoms with Crippen LogP contribution in [-0.4, -0.2) is 40.5 Å². The summed E-state index contributed by atoms with van der Waals surface area (Å²) >= 11 is 0. The van der Waals surface area contributed by atoms with Crippen molar-refractivity contribution in [2.24, 2.45) is 5.73 Å². The topological polar surface area (TPSA) is 110 Å². The van der Waals surface area contributed by atoms with E-state index < -0.39 is 18.1 Å². The molecule has 6 nitrogen and oxygen atoms in total. The number of nitrogens with zero attached hydrogens (tertiary/aromatic N) is 1. The normalized spacial score (nSPS) is 22.5. The largest absolute Gasteiger partial charge is 0.399 e. The van der Waals surface area contributed by atoms with Crippen molar-refractivity contribution in [1.82, 2.24) is 4.90 Å². The van der Waals surface area contributed by atoms with E-state index in [0.29, 0.717) is 11.3 Å². The Balaban J connectivity index is 2.30. The number of rotatable bonds is 2. The van der Waals surface area contributed by atoms with Gasteiger partial charge in [0.2, 0.25) is 5.91 Å². The zero-order chi connectivity index (χ0) is 14.2. The molecular formula is C13H17N3O3. The number of anilines is 1. The Bertz CT molecular complexity index is 510. The predicted molar refractivity (Wildman–Crippen MR) is 70.2 cm³/mol. The summed E-state index contributed by atoms with van der Waals surface area (Å²) in [4.78, 5) is 25.0. The van der Waals surface area contributed by atoms with Crippen molar-refractivity contribution in [1.29, 1.82) is 0 Å². The number of amides is 2. The highest BCUT2D eigenvalue weighted by Crippen LogP contribution is 2.22. The van der Waals surface area contributed by atoms with Crippen LogP contribution in [0.1, 0.15) is 22.3 Å². The second-order valence-electron chi connectivity index (χ2n) is 4.90. The minimum absolute atomic E-state index is 0.111. The van der Waals surface area contributed by atoms with Crippen LogP contribution in [0.25, 0.3) is 0 Å². The number of aliphatic hydroxyl groups is 1. The number of nitrogen functional groups attached to an aromatic ring is 1. The molecule has 2 rings (SSSR count). The maximum absolute atomic E-state index is 12.4. The maximum Gasteiger partial charge on any atom is 0.254 e. The van der Waals surface area contributed by atoms with Crippen molar-refractivity contribution >= 4 is 17.5 Å². The van der Waals surface area contributed by atoms with E-state index in [4.69, 9.17) is 11.5 Å². The highest BCUT2D eigenvalue weighted by Gasteiger charge is 2.38. The summed E-state index contributed by atoms with van der Waals surface area (Å²) in [6.07, 6.45) is -0.536. The number of primary amides is 1. The Morgan fingerprint density at radius 1 is 1.37 bits per heavy atom. The number of hydrogen-bond acceptors (Lipinski definition) is 4. The summed E-state index contributed by atoms with van der Waals surface area (Å²) in [7, 11) is 0.